The van der Waals surface area contributed by atoms with Crippen LogP contribution in [-0.2, 0) is 16.6 Å². The van der Waals surface area contributed by atoms with Crippen LogP contribution in [-0.4, -0.2) is 38.3 Å². The Morgan fingerprint density at radius 1 is 1.19 bits per heavy atom. The number of amides is 1. The quantitative estimate of drug-likeness (QED) is 0.545. The summed E-state index contributed by atoms with van der Waals surface area (Å²) in [6, 6.07) is 12.3. The lowest BCUT2D eigenvalue weighted by Gasteiger charge is -2.20. The summed E-state index contributed by atoms with van der Waals surface area (Å²) in [6.45, 7) is 2.63. The van der Waals surface area contributed by atoms with Gasteiger partial charge >= 0.3 is 0 Å². The van der Waals surface area contributed by atoms with E-state index >= 15 is 0 Å². The molecule has 3 aromatic rings. The van der Waals surface area contributed by atoms with E-state index in [2.05, 4.69) is 10.4 Å². The molecule has 0 fully saturated rings. The van der Waals surface area contributed by atoms with Crippen molar-refractivity contribution >= 4 is 39.0 Å². The summed E-state index contributed by atoms with van der Waals surface area (Å²) in [7, 11) is -0.955. The largest absolute Gasteiger partial charge is 0.497 e. The van der Waals surface area contributed by atoms with Gasteiger partial charge in [0.15, 0.2) is 0 Å². The van der Waals surface area contributed by atoms with E-state index in [1.807, 2.05) is 6.92 Å². The average Bonchev–Trinajstić information content (AvgIpc) is 3.20. The fraction of sp³-hybridized carbons (Fsp3) is 0.238. The zero-order chi connectivity index (χ0) is 22.6. The summed E-state index contributed by atoms with van der Waals surface area (Å²) in [4.78, 5) is 12.8. The number of rotatable bonds is 8. The van der Waals surface area contributed by atoms with Crippen molar-refractivity contribution < 1.29 is 17.9 Å². The first kappa shape index (κ1) is 22.6. The number of anilines is 2. The first-order valence-corrected chi connectivity index (χ1v) is 11.4. The van der Waals surface area contributed by atoms with Crippen molar-refractivity contribution in [1.29, 1.82) is 0 Å². The molecule has 0 atom stereocenters. The Hall–Kier alpha value is -3.04. The predicted octanol–water partition coefficient (Wildman–Crippen LogP) is 4.03. The van der Waals surface area contributed by atoms with Crippen molar-refractivity contribution in [3.8, 4) is 5.75 Å². The maximum Gasteiger partial charge on any atom is 0.264 e. The summed E-state index contributed by atoms with van der Waals surface area (Å²) < 4.78 is 34.2. The van der Waals surface area contributed by atoms with Crippen LogP contribution in [0.3, 0.4) is 0 Å². The average molecular weight is 463 g/mol. The van der Waals surface area contributed by atoms with Crippen LogP contribution in [0.2, 0.25) is 5.02 Å². The van der Waals surface area contributed by atoms with Gasteiger partial charge in [-0.05, 0) is 48.9 Å². The van der Waals surface area contributed by atoms with Gasteiger partial charge in [-0.1, -0.05) is 18.5 Å². The minimum atomic E-state index is -3.93. The van der Waals surface area contributed by atoms with Crippen LogP contribution >= 0.6 is 11.6 Å². The number of aryl methyl sites for hydroxylation is 1. The maximum atomic E-state index is 13.1. The Morgan fingerprint density at radius 2 is 1.90 bits per heavy atom. The third-order valence-corrected chi connectivity index (χ3v) is 6.78. The summed E-state index contributed by atoms with van der Waals surface area (Å²) in [5.41, 5.74) is 0.500. The molecule has 1 N–H and O–H groups in total. The predicted molar refractivity (Wildman–Crippen MR) is 121 cm³/mol. The Morgan fingerprint density at radius 3 is 2.55 bits per heavy atom. The highest BCUT2D eigenvalue weighted by Crippen LogP contribution is 2.27. The van der Waals surface area contributed by atoms with Gasteiger partial charge in [0.2, 0.25) is 0 Å². The van der Waals surface area contributed by atoms with Gasteiger partial charge in [-0.15, -0.1) is 0 Å². The number of ether oxygens (including phenoxy) is 1. The van der Waals surface area contributed by atoms with Gasteiger partial charge in [-0.25, -0.2) is 13.1 Å². The topological polar surface area (TPSA) is 93.5 Å². The van der Waals surface area contributed by atoms with E-state index in [9.17, 15) is 13.2 Å². The third-order valence-electron chi connectivity index (χ3n) is 4.67. The second-order valence-corrected chi connectivity index (χ2v) is 9.08. The zero-order valence-corrected chi connectivity index (χ0v) is 18.9. The molecule has 164 valence electrons. The highest BCUT2D eigenvalue weighted by Gasteiger charge is 2.24. The maximum absolute atomic E-state index is 13.1. The van der Waals surface area contributed by atoms with Crippen LogP contribution in [0.25, 0.3) is 0 Å². The molecule has 10 heteroatoms. The van der Waals surface area contributed by atoms with Gasteiger partial charge in [-0.3, -0.25) is 9.10 Å². The van der Waals surface area contributed by atoms with Gasteiger partial charge < -0.3 is 10.1 Å². The smallest absolute Gasteiger partial charge is 0.264 e. The number of hydrogen-bond acceptors (Lipinski definition) is 5. The van der Waals surface area contributed by atoms with Crippen molar-refractivity contribution in [1.82, 2.24) is 9.78 Å². The van der Waals surface area contributed by atoms with Gasteiger partial charge in [0.05, 0.1) is 34.5 Å². The van der Waals surface area contributed by atoms with E-state index in [4.69, 9.17) is 16.3 Å². The van der Waals surface area contributed by atoms with E-state index < -0.39 is 15.9 Å². The molecule has 0 bridgehead atoms. The fourth-order valence-corrected chi connectivity index (χ4v) is 4.37. The standard InChI is InChI=1S/C21H23ClN4O4S/c1-4-13-26-20(11-12-23-26)24-21(27)18-14-17(9-10-19(18)22)31(28,29)25(2)15-5-7-16(30-3)8-6-15/h5-12,14H,4,13H2,1-3H3,(H,24,27). The van der Waals surface area contributed by atoms with Crippen molar-refractivity contribution in [3.63, 3.8) is 0 Å². The summed E-state index contributed by atoms with van der Waals surface area (Å²) in [5.74, 6) is 0.598. The normalized spacial score (nSPS) is 11.2. The monoisotopic (exact) mass is 462 g/mol. The number of carbonyl (C=O) groups excluding carboxylic acids is 1. The van der Waals surface area contributed by atoms with E-state index in [0.717, 1.165) is 10.7 Å². The zero-order valence-electron chi connectivity index (χ0n) is 17.4. The molecule has 0 radical (unpaired) electrons. The fourth-order valence-electron chi connectivity index (χ4n) is 2.94. The Kier molecular flexibility index (Phi) is 6.87. The number of nitrogens with zero attached hydrogens (tertiary/aromatic N) is 3. The van der Waals surface area contributed by atoms with Crippen LogP contribution in [0.4, 0.5) is 11.5 Å². The number of sulfonamides is 1. The second kappa shape index (κ2) is 9.40. The molecule has 0 aliphatic carbocycles. The van der Waals surface area contributed by atoms with Gasteiger partial charge in [0, 0.05) is 19.7 Å². The SMILES string of the molecule is CCCn1nccc1NC(=O)c1cc(S(=O)(=O)N(C)c2ccc(OC)cc2)ccc1Cl. The van der Waals surface area contributed by atoms with Gasteiger partial charge in [-0.2, -0.15) is 5.10 Å². The van der Waals surface area contributed by atoms with Crippen LogP contribution in [0.15, 0.2) is 59.6 Å². The molecule has 0 saturated carbocycles. The number of aromatic nitrogens is 2. The highest BCUT2D eigenvalue weighted by molar-refractivity contribution is 7.92. The molecule has 0 aliphatic rings. The molecular weight excluding hydrogens is 440 g/mol. The minimum Gasteiger partial charge on any atom is -0.497 e. The molecule has 0 unspecified atom stereocenters. The number of benzene rings is 2. The third kappa shape index (κ3) is 4.83. The van der Waals surface area contributed by atoms with Crippen molar-refractivity contribution in [2.75, 3.05) is 23.8 Å². The molecule has 3 rings (SSSR count). The van der Waals surface area contributed by atoms with Gasteiger partial charge in [0.25, 0.3) is 15.9 Å². The van der Waals surface area contributed by atoms with Crippen molar-refractivity contribution in [2.24, 2.45) is 0 Å². The molecule has 0 spiro atoms. The number of nitrogens with one attached hydrogen (secondary N) is 1. The molecular formula is C21H23ClN4O4S. The van der Waals surface area contributed by atoms with E-state index in [-0.39, 0.29) is 15.5 Å². The molecule has 2 aromatic carbocycles. The van der Waals surface area contributed by atoms with Crippen LogP contribution in [0, 0.1) is 0 Å². The lowest BCUT2D eigenvalue weighted by Crippen LogP contribution is -2.27. The number of carbonyl (C=O) groups is 1. The number of methoxy groups -OCH3 is 1. The van der Waals surface area contributed by atoms with Crippen molar-refractivity contribution in [3.05, 3.63) is 65.3 Å². The van der Waals surface area contributed by atoms with Crippen LogP contribution in [0.5, 0.6) is 5.75 Å². The van der Waals surface area contributed by atoms with Crippen molar-refractivity contribution in [2.45, 2.75) is 24.8 Å². The Labute approximate surface area is 186 Å². The Balaban J connectivity index is 1.89. The highest BCUT2D eigenvalue weighted by atomic mass is 35.5. The summed E-state index contributed by atoms with van der Waals surface area (Å²) in [6.07, 6.45) is 2.42. The second-order valence-electron chi connectivity index (χ2n) is 6.71. The van der Waals surface area contributed by atoms with Gasteiger partial charge in [0.1, 0.15) is 11.6 Å². The van der Waals surface area contributed by atoms with Crippen LogP contribution < -0.4 is 14.4 Å². The molecule has 8 nitrogen and oxygen atoms in total. The van der Waals surface area contributed by atoms with E-state index in [1.54, 1.807) is 41.2 Å². The molecule has 0 aliphatic heterocycles. The molecule has 0 saturated heterocycles. The number of halogens is 1. The Bertz CT molecular complexity index is 1180. The van der Waals surface area contributed by atoms with Crippen LogP contribution in [0.1, 0.15) is 23.7 Å². The summed E-state index contributed by atoms with van der Waals surface area (Å²) in [5, 5.41) is 7.04. The molecule has 1 heterocycles. The first-order valence-electron chi connectivity index (χ1n) is 9.53. The molecule has 1 amide bonds. The summed E-state index contributed by atoms with van der Waals surface area (Å²) >= 11 is 6.21. The lowest BCUT2D eigenvalue weighted by molar-refractivity contribution is 0.102. The minimum absolute atomic E-state index is 0.0510. The van der Waals surface area contributed by atoms with E-state index in [0.29, 0.717) is 23.8 Å². The molecule has 31 heavy (non-hydrogen) atoms. The van der Waals surface area contributed by atoms with E-state index in [1.165, 1.54) is 32.4 Å². The lowest BCUT2D eigenvalue weighted by atomic mass is 10.2. The molecule has 1 aromatic heterocycles. The number of hydrogen-bond donors (Lipinski definition) is 1. The first-order chi connectivity index (χ1) is 14.8.